The van der Waals surface area contributed by atoms with Gasteiger partial charge in [-0.2, -0.15) is 0 Å². The molecule has 0 fully saturated rings. The SMILES string of the molecule is CCCCCN1CC(c2ccc3c(c2)OCO3)c2c(Cl)ccc(Cl)c21. The molecule has 5 heteroatoms. The highest BCUT2D eigenvalue weighted by Gasteiger charge is 2.34. The van der Waals surface area contributed by atoms with Gasteiger partial charge in [-0.3, -0.25) is 0 Å². The minimum atomic E-state index is 0.192. The number of anilines is 1. The molecule has 0 spiro atoms. The van der Waals surface area contributed by atoms with Crippen LogP contribution in [0.5, 0.6) is 11.5 Å². The van der Waals surface area contributed by atoms with E-state index in [-0.39, 0.29) is 12.7 Å². The fraction of sp³-hybridized carbons (Fsp3) is 0.400. The van der Waals surface area contributed by atoms with E-state index in [9.17, 15) is 0 Å². The Morgan fingerprint density at radius 1 is 1.04 bits per heavy atom. The molecule has 0 N–H and O–H groups in total. The predicted octanol–water partition coefficient (Wildman–Crippen LogP) is 5.86. The van der Waals surface area contributed by atoms with Crippen LogP contribution in [0.15, 0.2) is 30.3 Å². The molecular formula is C20H21Cl2NO2. The van der Waals surface area contributed by atoms with Crippen molar-refractivity contribution in [1.82, 2.24) is 0 Å². The Morgan fingerprint density at radius 2 is 1.84 bits per heavy atom. The van der Waals surface area contributed by atoms with E-state index < -0.39 is 0 Å². The van der Waals surface area contributed by atoms with Crippen LogP contribution in [0.4, 0.5) is 5.69 Å². The van der Waals surface area contributed by atoms with Gasteiger partial charge in [-0.1, -0.05) is 49.0 Å². The molecule has 2 aromatic carbocycles. The maximum absolute atomic E-state index is 6.59. The molecule has 0 radical (unpaired) electrons. The first-order chi connectivity index (χ1) is 12.2. The second-order valence-corrected chi connectivity index (χ2v) is 7.42. The molecule has 132 valence electrons. The molecule has 2 aromatic rings. The van der Waals surface area contributed by atoms with Crippen molar-refractivity contribution >= 4 is 28.9 Å². The fourth-order valence-electron chi connectivity index (χ4n) is 3.77. The molecule has 2 aliphatic rings. The first-order valence-corrected chi connectivity index (χ1v) is 9.57. The highest BCUT2D eigenvalue weighted by atomic mass is 35.5. The summed E-state index contributed by atoms with van der Waals surface area (Å²) < 4.78 is 11.0. The van der Waals surface area contributed by atoms with Crippen LogP contribution in [0.1, 0.15) is 43.2 Å². The molecule has 2 aliphatic heterocycles. The molecule has 0 saturated carbocycles. The van der Waals surface area contributed by atoms with Crippen LogP contribution in [-0.2, 0) is 0 Å². The summed E-state index contributed by atoms with van der Waals surface area (Å²) in [5.74, 6) is 1.80. The highest BCUT2D eigenvalue weighted by Crippen LogP contribution is 2.49. The summed E-state index contributed by atoms with van der Waals surface area (Å²) in [5, 5.41) is 1.55. The lowest BCUT2D eigenvalue weighted by Gasteiger charge is -2.21. The number of hydrogen-bond donors (Lipinski definition) is 0. The van der Waals surface area contributed by atoms with Gasteiger partial charge >= 0.3 is 0 Å². The van der Waals surface area contributed by atoms with Crippen LogP contribution >= 0.6 is 23.2 Å². The van der Waals surface area contributed by atoms with E-state index in [1.54, 1.807) is 0 Å². The van der Waals surface area contributed by atoms with Crippen molar-refractivity contribution in [3.8, 4) is 11.5 Å². The van der Waals surface area contributed by atoms with Crippen molar-refractivity contribution < 1.29 is 9.47 Å². The maximum Gasteiger partial charge on any atom is 0.231 e. The van der Waals surface area contributed by atoms with E-state index in [0.717, 1.165) is 52.3 Å². The summed E-state index contributed by atoms with van der Waals surface area (Å²) in [4.78, 5) is 2.38. The summed E-state index contributed by atoms with van der Waals surface area (Å²) in [6.45, 7) is 4.40. The minimum Gasteiger partial charge on any atom is -0.454 e. The Bertz CT molecular complexity index is 794. The van der Waals surface area contributed by atoms with Gasteiger partial charge in [0.1, 0.15) is 0 Å². The number of benzene rings is 2. The Labute approximate surface area is 158 Å². The lowest BCUT2D eigenvalue weighted by Crippen LogP contribution is -2.23. The summed E-state index contributed by atoms with van der Waals surface area (Å²) in [7, 11) is 0. The van der Waals surface area contributed by atoms with E-state index in [2.05, 4.69) is 24.0 Å². The van der Waals surface area contributed by atoms with Gasteiger partial charge in [0.25, 0.3) is 0 Å². The molecule has 0 amide bonds. The number of hydrogen-bond acceptors (Lipinski definition) is 3. The van der Waals surface area contributed by atoms with Crippen molar-refractivity contribution in [3.05, 3.63) is 51.5 Å². The van der Waals surface area contributed by atoms with Crippen molar-refractivity contribution in [2.24, 2.45) is 0 Å². The van der Waals surface area contributed by atoms with Crippen LogP contribution in [-0.4, -0.2) is 19.9 Å². The van der Waals surface area contributed by atoms with Crippen molar-refractivity contribution in [3.63, 3.8) is 0 Å². The molecule has 1 atom stereocenters. The zero-order valence-electron chi connectivity index (χ0n) is 14.2. The van der Waals surface area contributed by atoms with Crippen LogP contribution < -0.4 is 14.4 Å². The van der Waals surface area contributed by atoms with Gasteiger partial charge in [-0.15, -0.1) is 0 Å². The van der Waals surface area contributed by atoms with E-state index >= 15 is 0 Å². The minimum absolute atomic E-state index is 0.192. The van der Waals surface area contributed by atoms with Gasteiger partial charge in [-0.05, 0) is 36.2 Å². The van der Waals surface area contributed by atoms with Gasteiger partial charge in [0, 0.05) is 29.6 Å². The molecule has 25 heavy (non-hydrogen) atoms. The Balaban J connectivity index is 1.71. The zero-order valence-corrected chi connectivity index (χ0v) is 15.7. The quantitative estimate of drug-likeness (QED) is 0.608. The fourth-order valence-corrected chi connectivity index (χ4v) is 4.34. The standard InChI is InChI=1S/C20H21Cl2NO2/c1-2-3-4-9-23-11-14(19-15(21)6-7-16(22)20(19)23)13-5-8-17-18(10-13)25-12-24-17/h5-8,10,14H,2-4,9,11-12H2,1H3. The third-order valence-corrected chi connectivity index (χ3v) is 5.65. The topological polar surface area (TPSA) is 21.7 Å². The van der Waals surface area contributed by atoms with Gasteiger partial charge in [0.2, 0.25) is 6.79 Å². The second kappa shape index (κ2) is 6.97. The molecule has 0 saturated heterocycles. The van der Waals surface area contributed by atoms with Crippen molar-refractivity contribution in [2.45, 2.75) is 32.1 Å². The molecule has 1 unspecified atom stereocenters. The molecule has 2 heterocycles. The lowest BCUT2D eigenvalue weighted by atomic mass is 9.93. The van der Waals surface area contributed by atoms with Gasteiger partial charge in [0.05, 0.1) is 10.7 Å². The van der Waals surface area contributed by atoms with Crippen LogP contribution in [0.3, 0.4) is 0 Å². The summed E-state index contributed by atoms with van der Waals surface area (Å²) in [5.41, 5.74) is 3.41. The molecular weight excluding hydrogens is 357 g/mol. The molecule has 0 aliphatic carbocycles. The number of rotatable bonds is 5. The van der Waals surface area contributed by atoms with Crippen LogP contribution in [0, 0.1) is 0 Å². The van der Waals surface area contributed by atoms with Crippen molar-refractivity contribution in [2.75, 3.05) is 24.8 Å². The van der Waals surface area contributed by atoms with Gasteiger partial charge in [-0.25, -0.2) is 0 Å². The largest absolute Gasteiger partial charge is 0.454 e. The summed E-state index contributed by atoms with van der Waals surface area (Å²) in [6, 6.07) is 9.96. The first kappa shape index (κ1) is 16.9. The number of ether oxygens (including phenoxy) is 2. The third-order valence-electron chi connectivity index (χ3n) is 5.01. The average molecular weight is 378 g/mol. The predicted molar refractivity (Wildman–Crippen MR) is 103 cm³/mol. The van der Waals surface area contributed by atoms with E-state index in [0.29, 0.717) is 0 Å². The first-order valence-electron chi connectivity index (χ1n) is 8.81. The van der Waals surface area contributed by atoms with Crippen LogP contribution in [0.2, 0.25) is 10.0 Å². The normalized spacial score (nSPS) is 17.9. The van der Waals surface area contributed by atoms with E-state index in [1.807, 2.05) is 18.2 Å². The smallest absolute Gasteiger partial charge is 0.231 e. The number of unbranched alkanes of at least 4 members (excludes halogenated alkanes) is 2. The monoisotopic (exact) mass is 377 g/mol. The summed E-state index contributed by atoms with van der Waals surface area (Å²) >= 11 is 13.1. The van der Waals surface area contributed by atoms with Gasteiger partial charge in [0.15, 0.2) is 11.5 Å². The maximum atomic E-state index is 6.59. The average Bonchev–Trinajstić information content (AvgIpc) is 3.23. The van der Waals surface area contributed by atoms with E-state index in [4.69, 9.17) is 32.7 Å². The molecule has 0 aromatic heterocycles. The lowest BCUT2D eigenvalue weighted by molar-refractivity contribution is 0.174. The summed E-state index contributed by atoms with van der Waals surface area (Å²) in [6.07, 6.45) is 3.58. The molecule has 0 bridgehead atoms. The van der Waals surface area contributed by atoms with E-state index in [1.165, 1.54) is 18.4 Å². The Morgan fingerprint density at radius 3 is 2.68 bits per heavy atom. The van der Waals surface area contributed by atoms with Gasteiger partial charge < -0.3 is 14.4 Å². The van der Waals surface area contributed by atoms with Crippen LogP contribution in [0.25, 0.3) is 0 Å². The number of nitrogens with zero attached hydrogens (tertiary/aromatic N) is 1. The Kier molecular flexibility index (Phi) is 4.70. The third kappa shape index (κ3) is 3.04. The number of fused-ring (bicyclic) bond motifs is 2. The highest BCUT2D eigenvalue weighted by molar-refractivity contribution is 6.36. The Hall–Kier alpha value is -1.58. The number of halogens is 2. The zero-order chi connectivity index (χ0) is 17.4. The molecule has 3 nitrogen and oxygen atoms in total. The van der Waals surface area contributed by atoms with Crippen molar-refractivity contribution in [1.29, 1.82) is 0 Å². The second-order valence-electron chi connectivity index (χ2n) is 6.61. The molecule has 4 rings (SSSR count).